The third-order valence-electron chi connectivity index (χ3n) is 2.16. The Bertz CT molecular complexity index is 193. The van der Waals surface area contributed by atoms with Gasteiger partial charge in [-0.2, -0.15) is 0 Å². The molecule has 0 amide bonds. The molecule has 0 saturated carbocycles. The van der Waals surface area contributed by atoms with Crippen molar-refractivity contribution in [3.8, 4) is 0 Å². The Morgan fingerprint density at radius 3 is 2.58 bits per heavy atom. The molecule has 0 bridgehead atoms. The number of hydrogen-bond acceptors (Lipinski definition) is 0. The van der Waals surface area contributed by atoms with Crippen molar-refractivity contribution in [1.29, 1.82) is 0 Å². The van der Waals surface area contributed by atoms with Gasteiger partial charge in [-0.15, -0.1) is 0 Å². The number of unbranched alkanes of at least 4 members (excludes halogenated alkanes) is 1. The third kappa shape index (κ3) is 3.95. The van der Waals surface area contributed by atoms with Gasteiger partial charge in [0.1, 0.15) is 0 Å². The summed E-state index contributed by atoms with van der Waals surface area (Å²) in [5.74, 6) is 0. The maximum atomic E-state index is 2.27. The number of benzene rings is 1. The molecule has 0 fully saturated rings. The van der Waals surface area contributed by atoms with Gasteiger partial charge in [0, 0.05) is 0 Å². The molecule has 0 radical (unpaired) electrons. The standard InChI is InChI=1S/C7H7.C4H9.Al.H/c1-7-5-3-2-4-6-7;1-3-4-2;;/h2-6H,1H2;1,3-4H2,2H3;;. The van der Waals surface area contributed by atoms with Gasteiger partial charge in [0.25, 0.3) is 0 Å². The average Bonchev–Trinajstić information content (AvgIpc) is 2.14. The Hall–Kier alpha value is -0.248. The lowest BCUT2D eigenvalue weighted by Crippen LogP contribution is -1.95. The van der Waals surface area contributed by atoms with Crippen molar-refractivity contribution >= 4 is 15.2 Å². The minimum Gasteiger partial charge on any atom is -0.0969 e. The molecule has 0 saturated heterocycles. The molecule has 0 unspecified atom stereocenters. The van der Waals surface area contributed by atoms with Gasteiger partial charge >= 0.3 is 0 Å². The average molecular weight is 176 g/mol. The molecule has 64 valence electrons. The zero-order valence-corrected chi connectivity index (χ0v) is 9.34. The van der Waals surface area contributed by atoms with Crippen LogP contribution in [-0.2, 0) is 5.28 Å². The van der Waals surface area contributed by atoms with E-state index in [0.717, 1.165) is 0 Å². The molecule has 0 heterocycles. The Morgan fingerprint density at radius 1 is 1.17 bits per heavy atom. The van der Waals surface area contributed by atoms with Gasteiger partial charge in [-0.3, -0.25) is 0 Å². The van der Waals surface area contributed by atoms with E-state index in [2.05, 4.69) is 37.3 Å². The smallest absolute Gasteiger partial charge is 0.0969 e. The highest BCUT2D eigenvalue weighted by Crippen LogP contribution is 2.01. The molecule has 0 aliphatic carbocycles. The SMILES string of the molecule is CCC[CH2][AlH][CH2]c1ccccc1. The van der Waals surface area contributed by atoms with E-state index >= 15 is 0 Å². The quantitative estimate of drug-likeness (QED) is 0.478. The zero-order valence-electron chi connectivity index (χ0n) is 7.92. The van der Waals surface area contributed by atoms with Crippen molar-refractivity contribution in [2.45, 2.75) is 30.3 Å². The van der Waals surface area contributed by atoms with Crippen LogP contribution in [0.25, 0.3) is 0 Å². The topological polar surface area (TPSA) is 0 Å². The fraction of sp³-hybridized carbons (Fsp3) is 0.455. The Morgan fingerprint density at radius 2 is 1.92 bits per heavy atom. The summed E-state index contributed by atoms with van der Waals surface area (Å²) in [7, 11) is 0. The van der Waals surface area contributed by atoms with Gasteiger partial charge < -0.3 is 0 Å². The molecular formula is C11H17Al. The summed E-state index contributed by atoms with van der Waals surface area (Å²) in [4.78, 5) is 0. The van der Waals surface area contributed by atoms with E-state index in [-0.39, 0.29) is 15.2 Å². The van der Waals surface area contributed by atoms with E-state index < -0.39 is 0 Å². The van der Waals surface area contributed by atoms with Crippen LogP contribution in [0.1, 0.15) is 25.3 Å². The first kappa shape index (κ1) is 9.84. The van der Waals surface area contributed by atoms with Gasteiger partial charge in [0.05, 0.1) is 0 Å². The lowest BCUT2D eigenvalue weighted by atomic mass is 10.2. The van der Waals surface area contributed by atoms with Crippen LogP contribution in [0.15, 0.2) is 30.3 Å². The molecule has 0 spiro atoms. The summed E-state index contributed by atoms with van der Waals surface area (Å²) in [5, 5.41) is 2.91. The van der Waals surface area contributed by atoms with Crippen LogP contribution in [0.2, 0.25) is 5.28 Å². The molecule has 1 aromatic carbocycles. The maximum Gasteiger partial charge on any atom is 0.242 e. The fourth-order valence-corrected chi connectivity index (χ4v) is 3.25. The Balaban J connectivity index is 2.16. The highest BCUT2D eigenvalue weighted by Gasteiger charge is 1.94. The molecule has 0 N–H and O–H groups in total. The van der Waals surface area contributed by atoms with Crippen molar-refractivity contribution < 1.29 is 0 Å². The van der Waals surface area contributed by atoms with Crippen molar-refractivity contribution in [2.75, 3.05) is 0 Å². The number of rotatable bonds is 5. The molecule has 12 heavy (non-hydrogen) atoms. The first-order valence-corrected chi connectivity index (χ1v) is 6.97. The van der Waals surface area contributed by atoms with Crippen molar-refractivity contribution in [3.63, 3.8) is 0 Å². The summed E-state index contributed by atoms with van der Waals surface area (Å²) in [6.45, 7) is 2.27. The predicted octanol–water partition coefficient (Wildman–Crippen LogP) is 2.84. The van der Waals surface area contributed by atoms with Gasteiger partial charge in [-0.1, -0.05) is 66.2 Å². The van der Waals surface area contributed by atoms with E-state index in [1.165, 1.54) is 23.4 Å². The van der Waals surface area contributed by atoms with Crippen LogP contribution < -0.4 is 0 Å². The zero-order chi connectivity index (χ0) is 8.65. The minimum atomic E-state index is 0.202. The maximum absolute atomic E-state index is 2.27. The van der Waals surface area contributed by atoms with E-state index in [1.807, 2.05) is 0 Å². The Labute approximate surface area is 81.7 Å². The van der Waals surface area contributed by atoms with Gasteiger partial charge in [-0.25, -0.2) is 0 Å². The fourth-order valence-electron chi connectivity index (χ4n) is 1.40. The van der Waals surface area contributed by atoms with Gasteiger partial charge in [-0.05, 0) is 0 Å². The van der Waals surface area contributed by atoms with E-state index in [4.69, 9.17) is 0 Å². The molecule has 0 aliphatic rings. The highest BCUT2D eigenvalue weighted by atomic mass is 27.1. The van der Waals surface area contributed by atoms with Gasteiger partial charge in [0.2, 0.25) is 15.2 Å². The summed E-state index contributed by atoms with van der Waals surface area (Å²) < 4.78 is 0. The summed E-state index contributed by atoms with van der Waals surface area (Å²) in [6, 6.07) is 10.9. The summed E-state index contributed by atoms with van der Waals surface area (Å²) in [6.07, 6.45) is 2.81. The Kier molecular flexibility index (Phi) is 5.16. The third-order valence-corrected chi connectivity index (χ3v) is 4.09. The first-order chi connectivity index (χ1) is 5.93. The van der Waals surface area contributed by atoms with E-state index in [0.29, 0.717) is 0 Å². The van der Waals surface area contributed by atoms with Crippen LogP contribution in [-0.4, -0.2) is 15.2 Å². The first-order valence-electron chi connectivity index (χ1n) is 4.97. The van der Waals surface area contributed by atoms with E-state index in [1.54, 1.807) is 5.56 Å². The van der Waals surface area contributed by atoms with Crippen molar-refractivity contribution in [1.82, 2.24) is 0 Å². The lowest BCUT2D eigenvalue weighted by molar-refractivity contribution is 0.877. The molecule has 0 atom stereocenters. The normalized spacial score (nSPS) is 9.75. The van der Waals surface area contributed by atoms with Crippen LogP contribution in [0.5, 0.6) is 0 Å². The predicted molar refractivity (Wildman–Crippen MR) is 57.0 cm³/mol. The monoisotopic (exact) mass is 176 g/mol. The second-order valence-electron chi connectivity index (χ2n) is 3.30. The second-order valence-corrected chi connectivity index (χ2v) is 5.21. The largest absolute Gasteiger partial charge is 0.242 e. The molecule has 1 heteroatoms. The minimum absolute atomic E-state index is 0.202. The van der Waals surface area contributed by atoms with Gasteiger partial charge in [0.15, 0.2) is 0 Å². The summed E-state index contributed by atoms with van der Waals surface area (Å²) in [5.41, 5.74) is 1.54. The van der Waals surface area contributed by atoms with Crippen LogP contribution in [0.4, 0.5) is 0 Å². The molecule has 0 aliphatic heterocycles. The molecular weight excluding hydrogens is 159 g/mol. The molecule has 1 rings (SSSR count). The molecule has 0 aromatic heterocycles. The van der Waals surface area contributed by atoms with E-state index in [9.17, 15) is 0 Å². The molecule has 1 aromatic rings. The summed E-state index contributed by atoms with van der Waals surface area (Å²) >= 11 is 0.202. The van der Waals surface area contributed by atoms with Crippen LogP contribution in [0, 0.1) is 0 Å². The lowest BCUT2D eigenvalue weighted by Gasteiger charge is -1.97. The highest BCUT2D eigenvalue weighted by molar-refractivity contribution is 6.34. The second kappa shape index (κ2) is 6.29. The molecule has 0 nitrogen and oxygen atoms in total. The van der Waals surface area contributed by atoms with Crippen molar-refractivity contribution in [3.05, 3.63) is 35.9 Å². The van der Waals surface area contributed by atoms with Crippen LogP contribution in [0.3, 0.4) is 0 Å². The number of hydrogen-bond donors (Lipinski definition) is 0. The van der Waals surface area contributed by atoms with Crippen molar-refractivity contribution in [2.24, 2.45) is 0 Å². The van der Waals surface area contributed by atoms with Crippen LogP contribution >= 0.6 is 0 Å².